The molecular formula is C46H36F2IN5O6S2. The molecule has 16 heteroatoms. The summed E-state index contributed by atoms with van der Waals surface area (Å²) in [6.45, 7) is -3.39. The summed E-state index contributed by atoms with van der Waals surface area (Å²) in [5.74, 6) is -2.70. The summed E-state index contributed by atoms with van der Waals surface area (Å²) in [4.78, 5) is 52.2. The number of benzene rings is 5. The number of nitrogens with one attached hydrogen (secondary N) is 2. The number of anilines is 1. The Kier molecular flexibility index (Phi) is 13.0. The Morgan fingerprint density at radius 2 is 1.34 bits per heavy atom. The molecule has 3 atom stereocenters. The molecule has 1 saturated heterocycles. The van der Waals surface area contributed by atoms with Crippen molar-refractivity contribution in [3.63, 3.8) is 0 Å². The summed E-state index contributed by atoms with van der Waals surface area (Å²) < 4.78 is 47.1. The number of β-lactam (4-membered cyclic amide) rings is 1. The first-order valence-electron chi connectivity index (χ1n) is 19.2. The number of ether oxygens (including phenoxy) is 1. The highest BCUT2D eigenvalue weighted by atomic mass is 127. The lowest BCUT2D eigenvalue weighted by molar-refractivity contribution is -0.154. The van der Waals surface area contributed by atoms with Crippen molar-refractivity contribution < 1.29 is 36.9 Å². The van der Waals surface area contributed by atoms with Gasteiger partial charge in [-0.2, -0.15) is 8.78 Å². The Morgan fingerprint density at radius 3 is 1.82 bits per heavy atom. The minimum absolute atomic E-state index is 0.0553. The van der Waals surface area contributed by atoms with Gasteiger partial charge in [-0.1, -0.05) is 179 Å². The summed E-state index contributed by atoms with van der Waals surface area (Å²) in [5, 5.41) is 10.2. The second-order valence-corrected chi connectivity index (χ2v) is 17.2. The van der Waals surface area contributed by atoms with Crippen LogP contribution in [0.3, 0.4) is 0 Å². The fraction of sp³-hybridized carbons (Fsp3) is 0.152. The zero-order valence-corrected chi connectivity index (χ0v) is 36.3. The molecule has 0 saturated carbocycles. The molecule has 2 unspecified atom stereocenters. The van der Waals surface area contributed by atoms with Gasteiger partial charge in [0.2, 0.25) is 0 Å². The van der Waals surface area contributed by atoms with E-state index in [1.807, 2.05) is 174 Å². The molecule has 6 aromatic rings. The predicted octanol–water partition coefficient (Wildman–Crippen LogP) is 7.93. The minimum Gasteiger partial charge on any atom is -0.448 e. The molecule has 314 valence electrons. The molecule has 11 nitrogen and oxygen atoms in total. The Morgan fingerprint density at radius 1 is 0.839 bits per heavy atom. The summed E-state index contributed by atoms with van der Waals surface area (Å²) in [7, 11) is -1.77. The van der Waals surface area contributed by atoms with Gasteiger partial charge in [0, 0.05) is 9.81 Å². The van der Waals surface area contributed by atoms with Gasteiger partial charge < -0.3 is 20.2 Å². The zero-order chi connectivity index (χ0) is 43.2. The van der Waals surface area contributed by atoms with E-state index >= 15 is 0 Å². The molecule has 2 aliphatic rings. The Bertz CT molecular complexity index is 2510. The minimum atomic E-state index is -3.39. The standard InChI is InChI=1S/C46H36F2IN5O6S2/c47-44(48)60-53-36(35-27-61-45(50-35)52-46(32-20-10-3-11-21-32,33-22-12-4-13-23-33)34-24-14-5-15-25-34)40(55)51-37-41(56)54-38(31(26-49)28-62(58)42(37)54)43(57)59-39(29-16-6-1-7-17-29)30-18-8-2-9-19-30/h1-25,27,37,39,42,44H,26,28H2,(H,50,52)(H,51,55)/b53-36+/t37?,42-,62?/m1/s1. The van der Waals surface area contributed by atoms with E-state index in [9.17, 15) is 27.4 Å². The largest absolute Gasteiger partial charge is 0.448 e. The van der Waals surface area contributed by atoms with Gasteiger partial charge in [0.1, 0.15) is 28.3 Å². The second-order valence-electron chi connectivity index (χ2n) is 14.1. The third-order valence-electron chi connectivity index (χ3n) is 10.4. The first-order chi connectivity index (χ1) is 30.2. The van der Waals surface area contributed by atoms with Crippen molar-refractivity contribution in [2.75, 3.05) is 15.5 Å². The average molecular weight is 984 g/mol. The number of hydrogen-bond acceptors (Lipinski definition) is 10. The van der Waals surface area contributed by atoms with E-state index in [1.165, 1.54) is 5.38 Å². The van der Waals surface area contributed by atoms with E-state index in [-0.39, 0.29) is 21.6 Å². The molecule has 0 spiro atoms. The van der Waals surface area contributed by atoms with Gasteiger partial charge in [0.05, 0.1) is 16.6 Å². The quantitative estimate of drug-likeness (QED) is 0.0201. The van der Waals surface area contributed by atoms with Gasteiger partial charge in [-0.15, -0.1) is 11.3 Å². The van der Waals surface area contributed by atoms with Crippen LogP contribution in [0.2, 0.25) is 0 Å². The fourth-order valence-corrected chi connectivity index (χ4v) is 11.0. The van der Waals surface area contributed by atoms with Crippen LogP contribution in [0.25, 0.3) is 0 Å². The summed E-state index contributed by atoms with van der Waals surface area (Å²) in [5.41, 5.74) is 2.61. The number of carbonyl (C=O) groups is 3. The molecule has 8 rings (SSSR count). The van der Waals surface area contributed by atoms with Crippen LogP contribution in [-0.4, -0.2) is 65.8 Å². The number of nitrogens with zero attached hydrogens (tertiary/aromatic N) is 3. The average Bonchev–Trinajstić information content (AvgIpc) is 3.77. The summed E-state index contributed by atoms with van der Waals surface area (Å²) in [6, 6.07) is 45.9. The molecule has 62 heavy (non-hydrogen) atoms. The van der Waals surface area contributed by atoms with Crippen molar-refractivity contribution in [3.8, 4) is 0 Å². The Labute approximate surface area is 375 Å². The number of esters is 1. The van der Waals surface area contributed by atoms with Crippen LogP contribution < -0.4 is 10.6 Å². The molecule has 2 aliphatic heterocycles. The number of carbonyl (C=O) groups excluding carboxylic acids is 3. The molecule has 1 fully saturated rings. The number of aromatic nitrogens is 1. The Balaban J connectivity index is 1.07. The first kappa shape index (κ1) is 42.6. The van der Waals surface area contributed by atoms with Crippen molar-refractivity contribution in [1.29, 1.82) is 0 Å². The number of halogens is 3. The fourth-order valence-electron chi connectivity index (χ4n) is 7.58. The van der Waals surface area contributed by atoms with Crippen LogP contribution in [0.1, 0.15) is 39.6 Å². The highest BCUT2D eigenvalue weighted by molar-refractivity contribution is 14.1. The van der Waals surface area contributed by atoms with Gasteiger partial charge in [-0.05, 0) is 33.4 Å². The normalized spacial score (nSPS) is 17.6. The molecule has 0 aliphatic carbocycles. The number of hydrogen-bond donors (Lipinski definition) is 2. The van der Waals surface area contributed by atoms with Crippen molar-refractivity contribution in [2.45, 2.75) is 29.7 Å². The molecule has 2 amide bonds. The van der Waals surface area contributed by atoms with Crippen LogP contribution in [0.15, 0.2) is 173 Å². The molecule has 0 radical (unpaired) electrons. The lowest BCUT2D eigenvalue weighted by Crippen LogP contribution is -2.74. The van der Waals surface area contributed by atoms with Gasteiger partial charge in [-0.3, -0.25) is 18.7 Å². The van der Waals surface area contributed by atoms with Gasteiger partial charge in [-0.25, -0.2) is 9.78 Å². The smallest absolute Gasteiger partial charge is 0.407 e. The summed E-state index contributed by atoms with van der Waals surface area (Å²) in [6.07, 6.45) is -0.824. The van der Waals surface area contributed by atoms with Crippen molar-refractivity contribution in [2.24, 2.45) is 5.16 Å². The van der Waals surface area contributed by atoms with Crippen LogP contribution in [0.5, 0.6) is 0 Å². The van der Waals surface area contributed by atoms with Gasteiger partial charge in [0.25, 0.3) is 11.8 Å². The van der Waals surface area contributed by atoms with E-state index in [2.05, 4.69) is 25.6 Å². The molecule has 3 heterocycles. The lowest BCUT2D eigenvalue weighted by atomic mass is 9.77. The van der Waals surface area contributed by atoms with E-state index in [0.717, 1.165) is 32.9 Å². The lowest BCUT2D eigenvalue weighted by Gasteiger charge is -2.49. The third kappa shape index (κ3) is 8.54. The second kappa shape index (κ2) is 18.9. The first-order valence-corrected chi connectivity index (χ1v) is 23.0. The number of amides is 2. The van der Waals surface area contributed by atoms with Crippen molar-refractivity contribution >= 4 is 73.4 Å². The maximum atomic E-state index is 14.1. The SMILES string of the molecule is O=C(OC(c1ccccc1)c1ccccc1)C1=C(CI)CS(=O)[C@@H]2C(NC(=O)/C(=N/OC(F)F)c3csc(NC(c4ccccc4)(c4ccccc4)c4ccccc4)n3)C(=O)N12. The number of fused-ring (bicyclic) bond motifs is 1. The highest BCUT2D eigenvalue weighted by Gasteiger charge is 2.57. The maximum absolute atomic E-state index is 14.1. The maximum Gasteiger partial charge on any atom is 0.407 e. The zero-order valence-electron chi connectivity index (χ0n) is 32.5. The number of alkyl halides is 3. The van der Waals surface area contributed by atoms with Crippen molar-refractivity contribution in [1.82, 2.24) is 15.2 Å². The molecule has 2 N–H and O–H groups in total. The van der Waals surface area contributed by atoms with Gasteiger partial charge >= 0.3 is 12.6 Å². The predicted molar refractivity (Wildman–Crippen MR) is 241 cm³/mol. The number of rotatable bonds is 15. The molecule has 5 aromatic carbocycles. The Hall–Kier alpha value is -6.11. The number of thiazole rings is 1. The van der Waals surface area contributed by atoms with E-state index in [4.69, 9.17) is 4.74 Å². The van der Waals surface area contributed by atoms with E-state index in [1.54, 1.807) is 0 Å². The van der Waals surface area contributed by atoms with Crippen LogP contribution >= 0.6 is 33.9 Å². The van der Waals surface area contributed by atoms with E-state index in [0.29, 0.717) is 21.8 Å². The topological polar surface area (TPSA) is 139 Å². The number of oxime groups is 1. The van der Waals surface area contributed by atoms with Crippen molar-refractivity contribution in [3.05, 3.63) is 202 Å². The molecule has 0 bridgehead atoms. The van der Waals surface area contributed by atoms with E-state index < -0.39 is 64.0 Å². The highest BCUT2D eigenvalue weighted by Crippen LogP contribution is 2.41. The van der Waals surface area contributed by atoms with Gasteiger partial charge in [0.15, 0.2) is 16.9 Å². The van der Waals surface area contributed by atoms with Crippen LogP contribution in [0, 0.1) is 0 Å². The summed E-state index contributed by atoms with van der Waals surface area (Å²) >= 11 is 3.13. The van der Waals surface area contributed by atoms with Crippen LogP contribution in [-0.2, 0) is 40.3 Å². The molecular weight excluding hydrogens is 948 g/mol. The van der Waals surface area contributed by atoms with Crippen LogP contribution in [0.4, 0.5) is 13.9 Å². The monoisotopic (exact) mass is 983 g/mol. The molecule has 1 aromatic heterocycles. The third-order valence-corrected chi connectivity index (χ3v) is 13.7.